The summed E-state index contributed by atoms with van der Waals surface area (Å²) in [6.45, 7) is -0.979. The molecule has 0 fully saturated rings. The second-order valence-corrected chi connectivity index (χ2v) is 6.47. The van der Waals surface area contributed by atoms with Gasteiger partial charge in [-0.15, -0.1) is 0 Å². The molecule has 1 unspecified atom stereocenters. The Kier molecular flexibility index (Phi) is 6.09. The summed E-state index contributed by atoms with van der Waals surface area (Å²) in [5.74, 6) is -4.31. The molecule has 12 heteroatoms. The van der Waals surface area contributed by atoms with E-state index in [-0.39, 0.29) is 29.3 Å². The van der Waals surface area contributed by atoms with Gasteiger partial charge in [0, 0.05) is 19.2 Å². The third-order valence-electron chi connectivity index (χ3n) is 4.49. The Balaban J connectivity index is 1.85. The lowest BCUT2D eigenvalue weighted by atomic mass is 10.1. The molecule has 0 aromatic heterocycles. The molecular formula is C19H16F2N4O6. The number of nitro benzene ring substituents is 1. The van der Waals surface area contributed by atoms with Crippen molar-refractivity contribution in [2.24, 2.45) is 0 Å². The number of non-ortho nitro benzene ring substituents is 1. The molecule has 162 valence electrons. The first-order valence-electron chi connectivity index (χ1n) is 8.88. The van der Waals surface area contributed by atoms with Crippen molar-refractivity contribution in [1.82, 2.24) is 10.6 Å². The zero-order chi connectivity index (χ0) is 22.7. The molecule has 0 saturated carbocycles. The fraction of sp³-hybridized carbons (Fsp3) is 0.211. The standard InChI is InChI=1S/C19H16F2N4O6/c1-22-19(28)18(10-2-4-12(20)13(21)6-10)23-16(26)8-24-14-7-11(25(29)30)3-5-15(14)31-9-17(24)27/h2-7,18H,8-9H2,1H3,(H,22,28)(H,23,26). The number of nitrogens with zero attached hydrogens (tertiary/aromatic N) is 2. The minimum Gasteiger partial charge on any atom is -0.482 e. The number of hydrogen-bond donors (Lipinski definition) is 2. The third-order valence-corrected chi connectivity index (χ3v) is 4.49. The summed E-state index contributed by atoms with van der Waals surface area (Å²) in [5.41, 5.74) is -0.312. The van der Waals surface area contributed by atoms with Crippen LogP contribution < -0.4 is 20.3 Å². The lowest BCUT2D eigenvalue weighted by Crippen LogP contribution is -2.47. The average molecular weight is 434 g/mol. The van der Waals surface area contributed by atoms with Gasteiger partial charge in [0.05, 0.1) is 10.6 Å². The number of ether oxygens (including phenoxy) is 1. The number of amides is 3. The number of anilines is 1. The summed E-state index contributed by atoms with van der Waals surface area (Å²) in [6.07, 6.45) is 0. The molecule has 1 aliphatic heterocycles. The van der Waals surface area contributed by atoms with Crippen molar-refractivity contribution in [2.75, 3.05) is 25.1 Å². The van der Waals surface area contributed by atoms with Crippen LogP contribution >= 0.6 is 0 Å². The Hall–Kier alpha value is -4.09. The van der Waals surface area contributed by atoms with Crippen LogP contribution in [-0.2, 0) is 14.4 Å². The van der Waals surface area contributed by atoms with E-state index in [1.165, 1.54) is 19.2 Å². The third kappa shape index (κ3) is 4.57. The number of hydrogen-bond acceptors (Lipinski definition) is 6. The van der Waals surface area contributed by atoms with Crippen molar-refractivity contribution in [3.63, 3.8) is 0 Å². The van der Waals surface area contributed by atoms with Crippen LogP contribution in [0, 0.1) is 21.7 Å². The fourth-order valence-corrected chi connectivity index (χ4v) is 2.96. The molecule has 0 radical (unpaired) electrons. The van der Waals surface area contributed by atoms with E-state index in [9.17, 15) is 33.3 Å². The Morgan fingerprint density at radius 1 is 1.23 bits per heavy atom. The van der Waals surface area contributed by atoms with Crippen molar-refractivity contribution in [2.45, 2.75) is 6.04 Å². The Labute approximate surface area is 173 Å². The normalized spacial score (nSPS) is 13.6. The van der Waals surface area contributed by atoms with Crippen LogP contribution in [0.15, 0.2) is 36.4 Å². The highest BCUT2D eigenvalue weighted by Crippen LogP contribution is 2.35. The van der Waals surface area contributed by atoms with E-state index in [1.54, 1.807) is 0 Å². The lowest BCUT2D eigenvalue weighted by molar-refractivity contribution is -0.384. The van der Waals surface area contributed by atoms with Crippen LogP contribution in [-0.4, -0.2) is 42.8 Å². The largest absolute Gasteiger partial charge is 0.482 e. The zero-order valence-corrected chi connectivity index (χ0v) is 16.1. The SMILES string of the molecule is CNC(=O)C(NC(=O)CN1C(=O)COc2ccc([N+](=O)[O-])cc21)c1ccc(F)c(F)c1. The van der Waals surface area contributed by atoms with Gasteiger partial charge in [0.25, 0.3) is 11.6 Å². The van der Waals surface area contributed by atoms with Crippen molar-refractivity contribution in [3.05, 3.63) is 63.7 Å². The van der Waals surface area contributed by atoms with Gasteiger partial charge in [-0.2, -0.15) is 0 Å². The van der Waals surface area contributed by atoms with Gasteiger partial charge in [-0.3, -0.25) is 29.4 Å². The first kappa shape index (κ1) is 21.6. The van der Waals surface area contributed by atoms with Crippen LogP contribution in [0.2, 0.25) is 0 Å². The van der Waals surface area contributed by atoms with E-state index >= 15 is 0 Å². The first-order valence-corrected chi connectivity index (χ1v) is 8.88. The molecule has 3 rings (SSSR count). The first-order chi connectivity index (χ1) is 14.7. The van der Waals surface area contributed by atoms with Crippen LogP contribution in [0.5, 0.6) is 5.75 Å². The molecule has 1 heterocycles. The van der Waals surface area contributed by atoms with E-state index in [1.807, 2.05) is 0 Å². The average Bonchev–Trinajstić information content (AvgIpc) is 2.75. The van der Waals surface area contributed by atoms with Crippen LogP contribution in [0.4, 0.5) is 20.2 Å². The molecule has 2 aromatic carbocycles. The van der Waals surface area contributed by atoms with Crippen LogP contribution in [0.1, 0.15) is 11.6 Å². The number of rotatable bonds is 6. The molecule has 0 saturated heterocycles. The summed E-state index contributed by atoms with van der Waals surface area (Å²) in [5, 5.41) is 15.7. The molecule has 2 N–H and O–H groups in total. The maximum Gasteiger partial charge on any atom is 0.271 e. The molecule has 3 amide bonds. The smallest absolute Gasteiger partial charge is 0.271 e. The highest BCUT2D eigenvalue weighted by Gasteiger charge is 2.31. The van der Waals surface area contributed by atoms with E-state index in [2.05, 4.69) is 10.6 Å². The number of benzene rings is 2. The molecule has 0 aliphatic carbocycles. The number of nitro groups is 1. The molecular weight excluding hydrogens is 418 g/mol. The molecule has 2 aromatic rings. The Morgan fingerprint density at radius 2 is 1.97 bits per heavy atom. The van der Waals surface area contributed by atoms with Gasteiger partial charge in [-0.25, -0.2) is 8.78 Å². The summed E-state index contributed by atoms with van der Waals surface area (Å²) in [4.78, 5) is 48.5. The summed E-state index contributed by atoms with van der Waals surface area (Å²) >= 11 is 0. The van der Waals surface area contributed by atoms with Crippen molar-refractivity contribution < 1.29 is 32.8 Å². The summed E-state index contributed by atoms with van der Waals surface area (Å²) in [6, 6.07) is 4.94. The summed E-state index contributed by atoms with van der Waals surface area (Å²) in [7, 11) is 1.29. The van der Waals surface area contributed by atoms with E-state index < -0.39 is 46.9 Å². The van der Waals surface area contributed by atoms with Crippen LogP contribution in [0.3, 0.4) is 0 Å². The number of likely N-dealkylation sites (N-methyl/N-ethyl adjacent to an activating group) is 1. The van der Waals surface area contributed by atoms with Gasteiger partial charge < -0.3 is 15.4 Å². The monoisotopic (exact) mass is 434 g/mol. The van der Waals surface area contributed by atoms with Crippen LogP contribution in [0.25, 0.3) is 0 Å². The number of carbonyl (C=O) groups excluding carboxylic acids is 3. The summed E-state index contributed by atoms with van der Waals surface area (Å²) < 4.78 is 32.0. The molecule has 1 atom stereocenters. The van der Waals surface area contributed by atoms with Gasteiger partial charge in [0.15, 0.2) is 18.2 Å². The topological polar surface area (TPSA) is 131 Å². The van der Waals surface area contributed by atoms with E-state index in [0.717, 1.165) is 29.2 Å². The van der Waals surface area contributed by atoms with Gasteiger partial charge in [-0.05, 0) is 23.8 Å². The second-order valence-electron chi connectivity index (χ2n) is 6.47. The number of halogens is 2. The van der Waals surface area contributed by atoms with E-state index in [0.29, 0.717) is 0 Å². The highest BCUT2D eigenvalue weighted by molar-refractivity contribution is 6.03. The predicted molar refractivity (Wildman–Crippen MR) is 102 cm³/mol. The minimum atomic E-state index is -1.37. The Bertz CT molecular complexity index is 1080. The molecule has 10 nitrogen and oxygen atoms in total. The van der Waals surface area contributed by atoms with E-state index in [4.69, 9.17) is 4.74 Å². The van der Waals surface area contributed by atoms with Gasteiger partial charge >= 0.3 is 0 Å². The zero-order valence-electron chi connectivity index (χ0n) is 16.1. The molecule has 31 heavy (non-hydrogen) atoms. The lowest BCUT2D eigenvalue weighted by Gasteiger charge is -2.29. The van der Waals surface area contributed by atoms with Gasteiger partial charge in [-0.1, -0.05) is 6.07 Å². The molecule has 0 spiro atoms. The number of nitrogens with one attached hydrogen (secondary N) is 2. The number of fused-ring (bicyclic) bond motifs is 1. The van der Waals surface area contributed by atoms with Gasteiger partial charge in [0.1, 0.15) is 18.3 Å². The quantitative estimate of drug-likeness (QED) is 0.519. The van der Waals surface area contributed by atoms with Crippen molar-refractivity contribution in [3.8, 4) is 5.75 Å². The maximum absolute atomic E-state index is 13.6. The highest BCUT2D eigenvalue weighted by atomic mass is 19.2. The minimum absolute atomic E-state index is 0.0176. The predicted octanol–water partition coefficient (Wildman–Crippen LogP) is 1.20. The van der Waals surface area contributed by atoms with Gasteiger partial charge in [0.2, 0.25) is 11.8 Å². The van der Waals surface area contributed by atoms with Crippen molar-refractivity contribution >= 4 is 29.1 Å². The van der Waals surface area contributed by atoms with Crippen molar-refractivity contribution in [1.29, 1.82) is 0 Å². The molecule has 1 aliphatic rings. The molecule has 0 bridgehead atoms. The maximum atomic E-state index is 13.6. The second kappa shape index (κ2) is 8.73. The Morgan fingerprint density at radius 3 is 2.61 bits per heavy atom. The fourth-order valence-electron chi connectivity index (χ4n) is 2.96. The number of carbonyl (C=O) groups is 3.